The summed E-state index contributed by atoms with van der Waals surface area (Å²) in [6, 6.07) is 7.32. The topological polar surface area (TPSA) is 79.4 Å². The zero-order valence-electron chi connectivity index (χ0n) is 10.1. The largest absolute Gasteiger partial charge is 0.497 e. The van der Waals surface area contributed by atoms with Crippen molar-refractivity contribution < 1.29 is 9.53 Å². The van der Waals surface area contributed by atoms with E-state index in [9.17, 15) is 4.79 Å². The molecule has 0 atom stereocenters. The lowest BCUT2D eigenvalue weighted by molar-refractivity contribution is 0.0949. The van der Waals surface area contributed by atoms with Gasteiger partial charge in [-0.3, -0.25) is 9.89 Å². The number of amides is 1. The van der Waals surface area contributed by atoms with Gasteiger partial charge in [0.15, 0.2) is 0 Å². The minimum Gasteiger partial charge on any atom is -0.497 e. The molecule has 1 aromatic heterocycles. The number of hydrazone groups is 1. The molecule has 0 saturated carbocycles. The molecule has 7 heteroatoms. The van der Waals surface area contributed by atoms with E-state index in [2.05, 4.69) is 20.7 Å². The lowest BCUT2D eigenvalue weighted by Gasteiger charge is -1.99. The summed E-state index contributed by atoms with van der Waals surface area (Å²) >= 11 is 2.02. The van der Waals surface area contributed by atoms with Gasteiger partial charge in [-0.25, -0.2) is 5.43 Å². The number of benzene rings is 1. The molecule has 0 fully saturated rings. The van der Waals surface area contributed by atoms with Gasteiger partial charge in [-0.2, -0.15) is 10.2 Å². The molecule has 0 unspecified atom stereocenters. The molecule has 6 nitrogen and oxygen atoms in total. The van der Waals surface area contributed by atoms with Crippen LogP contribution in [0.3, 0.4) is 0 Å². The first-order valence-corrected chi connectivity index (χ1v) is 6.45. The monoisotopic (exact) mass is 370 g/mol. The molecule has 2 aromatic rings. The highest BCUT2D eigenvalue weighted by atomic mass is 127. The van der Waals surface area contributed by atoms with E-state index >= 15 is 0 Å². The van der Waals surface area contributed by atoms with Gasteiger partial charge in [-0.1, -0.05) is 0 Å². The summed E-state index contributed by atoms with van der Waals surface area (Å²) in [5.74, 6) is 0.444. The highest BCUT2D eigenvalue weighted by molar-refractivity contribution is 14.1. The number of halogens is 1. The Labute approximate surface area is 123 Å². The predicted octanol–water partition coefficient (Wildman–Crippen LogP) is 1.79. The van der Waals surface area contributed by atoms with E-state index < -0.39 is 0 Å². The number of nitrogens with one attached hydrogen (secondary N) is 2. The van der Waals surface area contributed by atoms with E-state index in [1.807, 2.05) is 46.9 Å². The molecular formula is C12H11IN4O2. The molecular weight excluding hydrogens is 359 g/mol. The number of hydrogen-bond acceptors (Lipinski definition) is 4. The van der Waals surface area contributed by atoms with Crippen molar-refractivity contribution in [2.24, 2.45) is 5.10 Å². The predicted molar refractivity (Wildman–Crippen MR) is 79.4 cm³/mol. The van der Waals surface area contributed by atoms with E-state index in [0.29, 0.717) is 5.69 Å². The third kappa shape index (κ3) is 3.53. The van der Waals surface area contributed by atoms with Crippen molar-refractivity contribution in [1.29, 1.82) is 0 Å². The Morgan fingerprint density at radius 3 is 2.79 bits per heavy atom. The number of aromatic amines is 1. The Morgan fingerprint density at radius 1 is 1.47 bits per heavy atom. The Hall–Kier alpha value is -1.90. The van der Waals surface area contributed by atoms with Crippen LogP contribution < -0.4 is 10.2 Å². The number of rotatable bonds is 4. The molecule has 2 rings (SSSR count). The number of H-pyrrole nitrogens is 1. The number of nitrogens with zero attached hydrogens (tertiary/aromatic N) is 2. The number of ether oxygens (including phenoxy) is 1. The molecule has 0 aliphatic carbocycles. The zero-order valence-corrected chi connectivity index (χ0v) is 12.2. The molecule has 1 amide bonds. The fourth-order valence-corrected chi connectivity index (χ4v) is 1.85. The maximum absolute atomic E-state index is 11.7. The van der Waals surface area contributed by atoms with Gasteiger partial charge < -0.3 is 4.74 Å². The zero-order chi connectivity index (χ0) is 13.7. The molecule has 0 aliphatic rings. The van der Waals surface area contributed by atoms with Gasteiger partial charge in [0.1, 0.15) is 11.4 Å². The van der Waals surface area contributed by atoms with Crippen molar-refractivity contribution in [2.75, 3.05) is 7.11 Å². The first-order valence-electron chi connectivity index (χ1n) is 5.37. The number of aromatic nitrogens is 2. The van der Waals surface area contributed by atoms with E-state index in [-0.39, 0.29) is 5.91 Å². The summed E-state index contributed by atoms with van der Waals surface area (Å²) in [5.41, 5.74) is 3.68. The van der Waals surface area contributed by atoms with Gasteiger partial charge in [0, 0.05) is 0 Å². The second-order valence-corrected chi connectivity index (χ2v) is 4.73. The van der Waals surface area contributed by atoms with Crippen LogP contribution in [0.4, 0.5) is 0 Å². The summed E-state index contributed by atoms with van der Waals surface area (Å²) in [5, 5.41) is 10.3. The third-order valence-electron chi connectivity index (χ3n) is 2.32. The van der Waals surface area contributed by atoms with Gasteiger partial charge in [-0.15, -0.1) is 0 Å². The van der Waals surface area contributed by atoms with Gasteiger partial charge in [0.05, 0.1) is 23.1 Å². The average Bonchev–Trinajstić information content (AvgIpc) is 2.86. The van der Waals surface area contributed by atoms with Crippen molar-refractivity contribution in [3.63, 3.8) is 0 Å². The van der Waals surface area contributed by atoms with E-state index in [1.165, 1.54) is 0 Å². The first kappa shape index (κ1) is 13.5. The Bertz CT molecular complexity index is 592. The summed E-state index contributed by atoms with van der Waals surface area (Å²) in [4.78, 5) is 11.7. The molecule has 0 saturated heterocycles. The summed E-state index contributed by atoms with van der Waals surface area (Å²) < 4.78 is 5.79. The average molecular weight is 370 g/mol. The maximum atomic E-state index is 11.7. The van der Waals surface area contributed by atoms with Gasteiger partial charge in [-0.05, 0) is 52.4 Å². The fourth-order valence-electron chi connectivity index (χ4n) is 1.34. The number of hydrogen-bond donors (Lipinski definition) is 2. The Morgan fingerprint density at radius 2 is 2.21 bits per heavy atom. The molecule has 19 heavy (non-hydrogen) atoms. The third-order valence-corrected chi connectivity index (χ3v) is 3.13. The maximum Gasteiger partial charge on any atom is 0.290 e. The van der Waals surface area contributed by atoms with Crippen LogP contribution in [0, 0.1) is 3.57 Å². The summed E-state index contributed by atoms with van der Waals surface area (Å²) in [7, 11) is 1.61. The van der Waals surface area contributed by atoms with E-state index in [4.69, 9.17) is 4.74 Å². The summed E-state index contributed by atoms with van der Waals surface area (Å²) in [6.07, 6.45) is 3.13. The minimum absolute atomic E-state index is 0.327. The molecule has 2 N–H and O–H groups in total. The van der Waals surface area contributed by atoms with Crippen molar-refractivity contribution in [1.82, 2.24) is 15.6 Å². The Kier molecular flexibility index (Phi) is 4.50. The van der Waals surface area contributed by atoms with Crippen LogP contribution in [-0.4, -0.2) is 29.4 Å². The van der Waals surface area contributed by atoms with Crippen LogP contribution >= 0.6 is 22.6 Å². The smallest absolute Gasteiger partial charge is 0.290 e. The molecule has 1 aromatic carbocycles. The van der Waals surface area contributed by atoms with Crippen molar-refractivity contribution in [3.8, 4) is 5.75 Å². The SMILES string of the molecule is COc1ccc(/C=N/NC(=O)c2[nH]ncc2I)cc1. The fraction of sp³-hybridized carbons (Fsp3) is 0.0833. The molecule has 1 heterocycles. The van der Waals surface area contributed by atoms with Gasteiger partial charge in [0.25, 0.3) is 5.91 Å². The van der Waals surface area contributed by atoms with Crippen molar-refractivity contribution >= 4 is 34.7 Å². The second-order valence-electron chi connectivity index (χ2n) is 3.57. The number of carbonyl (C=O) groups excluding carboxylic acids is 1. The molecule has 98 valence electrons. The van der Waals surface area contributed by atoms with E-state index in [1.54, 1.807) is 19.5 Å². The van der Waals surface area contributed by atoms with Crippen molar-refractivity contribution in [3.05, 3.63) is 45.3 Å². The van der Waals surface area contributed by atoms with Crippen LogP contribution in [0.2, 0.25) is 0 Å². The van der Waals surface area contributed by atoms with Crippen LogP contribution in [0.5, 0.6) is 5.75 Å². The van der Waals surface area contributed by atoms with E-state index in [0.717, 1.165) is 14.9 Å². The highest BCUT2D eigenvalue weighted by Crippen LogP contribution is 2.10. The molecule has 0 aliphatic heterocycles. The number of carbonyl (C=O) groups is 1. The van der Waals surface area contributed by atoms with Gasteiger partial charge in [0.2, 0.25) is 0 Å². The second kappa shape index (κ2) is 6.32. The van der Waals surface area contributed by atoms with Crippen molar-refractivity contribution in [2.45, 2.75) is 0 Å². The standard InChI is InChI=1S/C12H11IN4O2/c1-19-9-4-2-8(3-5-9)6-14-17-12(18)11-10(13)7-15-16-11/h2-7H,1H3,(H,15,16)(H,17,18)/b14-6+. The van der Waals surface area contributed by atoms with Crippen LogP contribution in [0.1, 0.15) is 16.1 Å². The van der Waals surface area contributed by atoms with Crippen LogP contribution in [-0.2, 0) is 0 Å². The lowest BCUT2D eigenvalue weighted by Crippen LogP contribution is -2.19. The van der Waals surface area contributed by atoms with Gasteiger partial charge >= 0.3 is 0 Å². The highest BCUT2D eigenvalue weighted by Gasteiger charge is 2.10. The first-order chi connectivity index (χ1) is 9.20. The molecule has 0 spiro atoms. The van der Waals surface area contributed by atoms with Crippen LogP contribution in [0.25, 0.3) is 0 Å². The molecule has 0 radical (unpaired) electrons. The Balaban J connectivity index is 1.96. The number of methoxy groups -OCH3 is 1. The van der Waals surface area contributed by atoms with Crippen LogP contribution in [0.15, 0.2) is 35.6 Å². The lowest BCUT2D eigenvalue weighted by atomic mass is 10.2. The quantitative estimate of drug-likeness (QED) is 0.489. The minimum atomic E-state index is -0.327. The summed E-state index contributed by atoms with van der Waals surface area (Å²) in [6.45, 7) is 0. The normalized spacial score (nSPS) is 10.6. The molecule has 0 bridgehead atoms.